The van der Waals surface area contributed by atoms with Crippen LogP contribution in [0.1, 0.15) is 47.4 Å². The number of fused-ring (bicyclic) bond motifs is 1. The molecule has 1 saturated heterocycles. The van der Waals surface area contributed by atoms with Gasteiger partial charge >= 0.3 is 6.09 Å². The molecule has 3 rings (SSSR count). The molecule has 1 unspecified atom stereocenters. The Morgan fingerprint density at radius 1 is 1.00 bits per heavy atom. The SMILES string of the molecule is CCCCOC(=O)N1CCN(C(=O)C(C)N2C(=O)c3ccccc3C2=O)CC1. The van der Waals surface area contributed by atoms with E-state index in [4.69, 9.17) is 4.74 Å². The number of benzene rings is 1. The van der Waals surface area contributed by atoms with Gasteiger partial charge in [0.05, 0.1) is 17.7 Å². The van der Waals surface area contributed by atoms with Gasteiger partial charge in [0.2, 0.25) is 5.91 Å². The molecule has 1 aromatic carbocycles. The summed E-state index contributed by atoms with van der Waals surface area (Å²) in [4.78, 5) is 54.2. The molecule has 150 valence electrons. The van der Waals surface area contributed by atoms with E-state index in [-0.39, 0.29) is 12.0 Å². The molecule has 2 aliphatic heterocycles. The number of carbonyl (C=O) groups excluding carboxylic acids is 4. The molecule has 1 aromatic rings. The van der Waals surface area contributed by atoms with Crippen molar-refractivity contribution in [3.05, 3.63) is 35.4 Å². The van der Waals surface area contributed by atoms with Crippen molar-refractivity contribution in [2.24, 2.45) is 0 Å². The second-order valence-corrected chi connectivity index (χ2v) is 6.98. The zero-order chi connectivity index (χ0) is 20.3. The van der Waals surface area contributed by atoms with E-state index in [0.717, 1.165) is 17.7 Å². The number of unbranched alkanes of at least 4 members (excludes halogenated alkanes) is 1. The van der Waals surface area contributed by atoms with Gasteiger partial charge in [0.25, 0.3) is 11.8 Å². The lowest BCUT2D eigenvalue weighted by Crippen LogP contribution is -2.56. The maximum absolute atomic E-state index is 12.9. The van der Waals surface area contributed by atoms with Gasteiger partial charge in [0, 0.05) is 26.2 Å². The van der Waals surface area contributed by atoms with Gasteiger partial charge in [-0.15, -0.1) is 0 Å². The van der Waals surface area contributed by atoms with E-state index >= 15 is 0 Å². The summed E-state index contributed by atoms with van der Waals surface area (Å²) in [5.41, 5.74) is 0.651. The van der Waals surface area contributed by atoms with Crippen LogP contribution in [0.4, 0.5) is 4.79 Å². The Hall–Kier alpha value is -2.90. The zero-order valence-electron chi connectivity index (χ0n) is 16.2. The smallest absolute Gasteiger partial charge is 0.409 e. The van der Waals surface area contributed by atoms with Crippen LogP contribution >= 0.6 is 0 Å². The van der Waals surface area contributed by atoms with Crippen LogP contribution in [-0.4, -0.2) is 77.3 Å². The summed E-state index contributed by atoms with van der Waals surface area (Å²) in [5.74, 6) is -1.19. The normalized spacial score (nSPS) is 17.6. The predicted molar refractivity (Wildman–Crippen MR) is 101 cm³/mol. The minimum absolute atomic E-state index is 0.298. The first-order valence-corrected chi connectivity index (χ1v) is 9.63. The Morgan fingerprint density at radius 2 is 1.54 bits per heavy atom. The Balaban J connectivity index is 1.58. The molecule has 4 amide bonds. The van der Waals surface area contributed by atoms with Gasteiger partial charge in [0.1, 0.15) is 6.04 Å². The zero-order valence-corrected chi connectivity index (χ0v) is 16.2. The Morgan fingerprint density at radius 3 is 2.07 bits per heavy atom. The highest BCUT2D eigenvalue weighted by molar-refractivity contribution is 6.22. The number of nitrogens with zero attached hydrogens (tertiary/aromatic N) is 3. The fraction of sp³-hybridized carbons (Fsp3) is 0.500. The second kappa shape index (κ2) is 8.41. The number of imide groups is 1. The largest absolute Gasteiger partial charge is 0.449 e. The fourth-order valence-electron chi connectivity index (χ4n) is 3.44. The van der Waals surface area contributed by atoms with Crippen LogP contribution < -0.4 is 0 Å². The van der Waals surface area contributed by atoms with Crippen molar-refractivity contribution < 1.29 is 23.9 Å². The summed E-state index contributed by atoms with van der Waals surface area (Å²) in [6, 6.07) is 5.68. The lowest BCUT2D eigenvalue weighted by atomic mass is 10.1. The third kappa shape index (κ3) is 3.72. The highest BCUT2D eigenvalue weighted by Crippen LogP contribution is 2.25. The maximum atomic E-state index is 12.9. The van der Waals surface area contributed by atoms with E-state index in [1.54, 1.807) is 41.0 Å². The molecule has 2 heterocycles. The van der Waals surface area contributed by atoms with Crippen LogP contribution in [0.5, 0.6) is 0 Å². The Kier molecular flexibility index (Phi) is 5.96. The molecule has 0 aromatic heterocycles. The van der Waals surface area contributed by atoms with E-state index < -0.39 is 17.9 Å². The summed E-state index contributed by atoms with van der Waals surface area (Å²) in [6.45, 7) is 5.40. The predicted octanol–water partition coefficient (Wildman–Crippen LogP) is 1.75. The third-order valence-electron chi connectivity index (χ3n) is 5.14. The van der Waals surface area contributed by atoms with E-state index in [0.29, 0.717) is 43.9 Å². The van der Waals surface area contributed by atoms with Crippen molar-refractivity contribution in [2.75, 3.05) is 32.8 Å². The average molecular weight is 387 g/mol. The molecule has 0 saturated carbocycles. The van der Waals surface area contributed by atoms with Gasteiger partial charge in [0.15, 0.2) is 0 Å². The lowest BCUT2D eigenvalue weighted by Gasteiger charge is -2.36. The fourth-order valence-corrected chi connectivity index (χ4v) is 3.44. The van der Waals surface area contributed by atoms with Crippen molar-refractivity contribution in [2.45, 2.75) is 32.7 Å². The molecule has 1 fully saturated rings. The number of amides is 4. The summed E-state index contributed by atoms with van der Waals surface area (Å²) in [7, 11) is 0. The van der Waals surface area contributed by atoms with Gasteiger partial charge in [-0.25, -0.2) is 4.79 Å². The minimum atomic E-state index is -0.893. The molecule has 0 N–H and O–H groups in total. The van der Waals surface area contributed by atoms with Crippen molar-refractivity contribution in [3.63, 3.8) is 0 Å². The summed E-state index contributed by atoms with van der Waals surface area (Å²) < 4.78 is 5.20. The molecule has 2 aliphatic rings. The van der Waals surface area contributed by atoms with Crippen molar-refractivity contribution in [3.8, 4) is 0 Å². The van der Waals surface area contributed by atoms with Crippen LogP contribution in [0.2, 0.25) is 0 Å². The van der Waals surface area contributed by atoms with E-state index in [1.807, 2.05) is 6.92 Å². The molecule has 0 aliphatic carbocycles. The Bertz CT molecular complexity index is 751. The molecule has 0 radical (unpaired) electrons. The third-order valence-corrected chi connectivity index (χ3v) is 5.14. The molecular formula is C20H25N3O5. The van der Waals surface area contributed by atoms with Crippen molar-refractivity contribution >= 4 is 23.8 Å². The highest BCUT2D eigenvalue weighted by atomic mass is 16.6. The van der Waals surface area contributed by atoms with Crippen LogP contribution in [-0.2, 0) is 9.53 Å². The van der Waals surface area contributed by atoms with Crippen LogP contribution in [0.25, 0.3) is 0 Å². The number of hydrogen-bond acceptors (Lipinski definition) is 5. The average Bonchev–Trinajstić information content (AvgIpc) is 2.98. The molecular weight excluding hydrogens is 362 g/mol. The second-order valence-electron chi connectivity index (χ2n) is 6.98. The minimum Gasteiger partial charge on any atom is -0.449 e. The van der Waals surface area contributed by atoms with Crippen LogP contribution in [0, 0.1) is 0 Å². The first-order valence-electron chi connectivity index (χ1n) is 9.63. The quantitative estimate of drug-likeness (QED) is 0.567. The van der Waals surface area contributed by atoms with E-state index in [9.17, 15) is 19.2 Å². The van der Waals surface area contributed by atoms with Gasteiger partial charge in [-0.05, 0) is 25.5 Å². The number of ether oxygens (including phenoxy) is 1. The Labute approximate surface area is 164 Å². The van der Waals surface area contributed by atoms with E-state index in [1.165, 1.54) is 0 Å². The highest BCUT2D eigenvalue weighted by Gasteiger charge is 2.42. The number of hydrogen-bond donors (Lipinski definition) is 0. The molecule has 0 spiro atoms. The first kappa shape index (κ1) is 19.9. The van der Waals surface area contributed by atoms with Crippen LogP contribution in [0.15, 0.2) is 24.3 Å². The molecule has 8 nitrogen and oxygen atoms in total. The molecule has 0 bridgehead atoms. The van der Waals surface area contributed by atoms with E-state index in [2.05, 4.69) is 0 Å². The van der Waals surface area contributed by atoms with Gasteiger partial charge < -0.3 is 14.5 Å². The van der Waals surface area contributed by atoms with Gasteiger partial charge in [-0.2, -0.15) is 0 Å². The standard InChI is InChI=1S/C20H25N3O5/c1-3-4-13-28-20(27)22-11-9-21(10-12-22)17(24)14(2)23-18(25)15-7-5-6-8-16(15)19(23)26/h5-8,14H,3-4,9-13H2,1-2H3. The number of carbonyl (C=O) groups is 4. The maximum Gasteiger partial charge on any atom is 0.409 e. The summed E-state index contributed by atoms with van der Waals surface area (Å²) >= 11 is 0. The molecule has 28 heavy (non-hydrogen) atoms. The summed E-state index contributed by atoms with van der Waals surface area (Å²) in [5, 5.41) is 0. The first-order chi connectivity index (χ1) is 13.5. The lowest BCUT2D eigenvalue weighted by molar-refractivity contribution is -0.136. The van der Waals surface area contributed by atoms with Crippen molar-refractivity contribution in [1.82, 2.24) is 14.7 Å². The van der Waals surface area contributed by atoms with Gasteiger partial charge in [-0.1, -0.05) is 25.5 Å². The summed E-state index contributed by atoms with van der Waals surface area (Å²) in [6.07, 6.45) is 1.40. The van der Waals surface area contributed by atoms with Crippen LogP contribution in [0.3, 0.4) is 0 Å². The monoisotopic (exact) mass is 387 g/mol. The number of rotatable bonds is 5. The topological polar surface area (TPSA) is 87.2 Å². The van der Waals surface area contributed by atoms with Gasteiger partial charge in [-0.3, -0.25) is 19.3 Å². The number of piperazine rings is 1. The van der Waals surface area contributed by atoms with Crippen molar-refractivity contribution in [1.29, 1.82) is 0 Å². The molecule has 8 heteroatoms. The molecule has 1 atom stereocenters.